The fourth-order valence-electron chi connectivity index (χ4n) is 2.46. The first-order valence-electron chi connectivity index (χ1n) is 6.10. The lowest BCUT2D eigenvalue weighted by Crippen LogP contribution is -2.27. The maximum atomic E-state index is 11.4. The summed E-state index contributed by atoms with van der Waals surface area (Å²) in [5.74, 6) is -0.441. The zero-order valence-corrected chi connectivity index (χ0v) is 11.3. The number of nitrogens with two attached hydrogens (primary N) is 2. The molecule has 5 heteroatoms. The number of amides is 1. The molecule has 1 amide bonds. The van der Waals surface area contributed by atoms with Gasteiger partial charge in [0.1, 0.15) is 0 Å². The Bertz CT molecular complexity index is 450. The Kier molecular flexibility index (Phi) is 4.01. The highest BCUT2D eigenvalue weighted by Crippen LogP contribution is 2.31. The van der Waals surface area contributed by atoms with Crippen LogP contribution in [0.15, 0.2) is 18.2 Å². The van der Waals surface area contributed by atoms with Crippen molar-refractivity contribution in [2.24, 2.45) is 5.73 Å². The van der Waals surface area contributed by atoms with Gasteiger partial charge in [-0.15, -0.1) is 0 Å². The topological polar surface area (TPSA) is 81.1 Å². The smallest absolute Gasteiger partial charge is 0.250 e. The molecule has 5 N–H and O–H groups in total. The fourth-order valence-corrected chi connectivity index (χ4v) is 3.40. The van der Waals surface area contributed by atoms with Crippen LogP contribution >= 0.6 is 11.8 Å². The van der Waals surface area contributed by atoms with Crippen LogP contribution in [0, 0.1) is 0 Å². The van der Waals surface area contributed by atoms with Crippen molar-refractivity contribution in [1.29, 1.82) is 0 Å². The molecule has 0 saturated heterocycles. The van der Waals surface area contributed by atoms with Crippen molar-refractivity contribution in [3.05, 3.63) is 23.8 Å². The van der Waals surface area contributed by atoms with Gasteiger partial charge >= 0.3 is 0 Å². The Morgan fingerprint density at radius 1 is 1.44 bits per heavy atom. The van der Waals surface area contributed by atoms with Crippen LogP contribution in [0.25, 0.3) is 0 Å². The molecule has 0 aliphatic heterocycles. The van der Waals surface area contributed by atoms with E-state index in [2.05, 4.69) is 11.6 Å². The van der Waals surface area contributed by atoms with E-state index in [4.69, 9.17) is 11.5 Å². The van der Waals surface area contributed by atoms with Crippen LogP contribution in [0.5, 0.6) is 0 Å². The van der Waals surface area contributed by atoms with Gasteiger partial charge in [-0.1, -0.05) is 6.42 Å². The number of primary amides is 1. The van der Waals surface area contributed by atoms with E-state index < -0.39 is 5.91 Å². The normalized spacial score (nSPS) is 22.9. The van der Waals surface area contributed by atoms with Crippen LogP contribution in [-0.4, -0.2) is 23.5 Å². The molecule has 0 bridgehead atoms. The second kappa shape index (κ2) is 5.52. The van der Waals surface area contributed by atoms with Gasteiger partial charge in [0.05, 0.1) is 5.56 Å². The molecule has 98 valence electrons. The first-order valence-corrected chi connectivity index (χ1v) is 7.39. The minimum Gasteiger partial charge on any atom is -0.399 e. The number of nitrogen functional groups attached to an aromatic ring is 1. The van der Waals surface area contributed by atoms with Gasteiger partial charge in [-0.25, -0.2) is 0 Å². The second-order valence-corrected chi connectivity index (χ2v) is 5.70. The third-order valence-corrected chi connectivity index (χ3v) is 4.58. The van der Waals surface area contributed by atoms with Crippen molar-refractivity contribution in [3.8, 4) is 0 Å². The molecule has 1 aromatic rings. The van der Waals surface area contributed by atoms with Crippen molar-refractivity contribution < 1.29 is 4.79 Å². The van der Waals surface area contributed by atoms with Gasteiger partial charge in [0.15, 0.2) is 0 Å². The Labute approximate surface area is 111 Å². The molecule has 1 aromatic carbocycles. The summed E-state index contributed by atoms with van der Waals surface area (Å²) < 4.78 is 0. The third-order valence-electron chi connectivity index (χ3n) is 3.41. The highest BCUT2D eigenvalue weighted by Gasteiger charge is 2.27. The molecule has 2 unspecified atom stereocenters. The summed E-state index contributed by atoms with van der Waals surface area (Å²) in [6.45, 7) is 0. The van der Waals surface area contributed by atoms with Gasteiger partial charge in [-0.05, 0) is 37.3 Å². The Balaban J connectivity index is 2.20. The zero-order chi connectivity index (χ0) is 13.1. The van der Waals surface area contributed by atoms with Crippen molar-refractivity contribution in [3.63, 3.8) is 0 Å². The van der Waals surface area contributed by atoms with Crippen LogP contribution in [0.4, 0.5) is 11.4 Å². The van der Waals surface area contributed by atoms with E-state index in [0.717, 1.165) is 12.1 Å². The Morgan fingerprint density at radius 3 is 2.89 bits per heavy atom. The third kappa shape index (κ3) is 2.72. The van der Waals surface area contributed by atoms with Gasteiger partial charge in [-0.3, -0.25) is 4.79 Å². The van der Waals surface area contributed by atoms with Crippen molar-refractivity contribution in [2.75, 3.05) is 17.3 Å². The van der Waals surface area contributed by atoms with E-state index in [1.807, 2.05) is 17.8 Å². The summed E-state index contributed by atoms with van der Waals surface area (Å²) >= 11 is 1.87. The monoisotopic (exact) mass is 265 g/mol. The van der Waals surface area contributed by atoms with Gasteiger partial charge in [0.25, 0.3) is 5.91 Å². The SMILES string of the molecule is CSC1CCCC1Nc1ccc(N)cc1C(N)=O. The lowest BCUT2D eigenvalue weighted by molar-refractivity contribution is 0.100. The quantitative estimate of drug-likeness (QED) is 0.728. The number of rotatable bonds is 4. The lowest BCUT2D eigenvalue weighted by Gasteiger charge is -2.21. The standard InChI is InChI=1S/C13H19N3OS/c1-18-12-4-2-3-11(12)16-10-6-5-8(14)7-9(10)13(15)17/h5-7,11-12,16H,2-4,14H2,1H3,(H2,15,17). The largest absolute Gasteiger partial charge is 0.399 e. The maximum Gasteiger partial charge on any atom is 0.250 e. The van der Waals surface area contributed by atoms with E-state index in [9.17, 15) is 4.79 Å². The number of anilines is 2. The minimum absolute atomic E-state index is 0.404. The molecular weight excluding hydrogens is 246 g/mol. The Hall–Kier alpha value is -1.36. The van der Waals surface area contributed by atoms with Crippen LogP contribution in [-0.2, 0) is 0 Å². The lowest BCUT2D eigenvalue weighted by atomic mass is 10.1. The van der Waals surface area contributed by atoms with E-state index in [0.29, 0.717) is 22.5 Å². The number of carbonyl (C=O) groups is 1. The molecule has 1 aliphatic carbocycles. The van der Waals surface area contributed by atoms with Crippen molar-refractivity contribution in [2.45, 2.75) is 30.6 Å². The predicted octanol–water partition coefficient (Wildman–Crippen LogP) is 2.06. The molecule has 0 aromatic heterocycles. The molecule has 2 atom stereocenters. The molecule has 2 rings (SSSR count). The molecule has 18 heavy (non-hydrogen) atoms. The molecule has 1 aliphatic rings. The summed E-state index contributed by atoms with van der Waals surface area (Å²) in [6, 6.07) is 5.66. The molecule has 1 fully saturated rings. The Morgan fingerprint density at radius 2 is 2.22 bits per heavy atom. The summed E-state index contributed by atoms with van der Waals surface area (Å²) in [7, 11) is 0. The first kappa shape index (κ1) is 13.1. The average Bonchev–Trinajstić information content (AvgIpc) is 2.78. The molecular formula is C13H19N3OS. The van der Waals surface area contributed by atoms with Crippen LogP contribution < -0.4 is 16.8 Å². The summed E-state index contributed by atoms with van der Waals surface area (Å²) in [6.07, 6.45) is 5.71. The van der Waals surface area contributed by atoms with Crippen LogP contribution in [0.1, 0.15) is 29.6 Å². The highest BCUT2D eigenvalue weighted by atomic mass is 32.2. The molecule has 0 spiro atoms. The molecule has 1 saturated carbocycles. The minimum atomic E-state index is -0.441. The number of benzene rings is 1. The first-order chi connectivity index (χ1) is 8.61. The van der Waals surface area contributed by atoms with E-state index in [-0.39, 0.29) is 0 Å². The number of carbonyl (C=O) groups excluding carboxylic acids is 1. The second-order valence-electron chi connectivity index (χ2n) is 4.63. The summed E-state index contributed by atoms with van der Waals surface area (Å²) in [5.41, 5.74) is 12.9. The fraction of sp³-hybridized carbons (Fsp3) is 0.462. The van der Waals surface area contributed by atoms with Gasteiger partial charge in [-0.2, -0.15) is 11.8 Å². The van der Waals surface area contributed by atoms with Crippen molar-refractivity contribution >= 4 is 29.0 Å². The molecule has 0 heterocycles. The summed E-state index contributed by atoms with van der Waals surface area (Å²) in [4.78, 5) is 11.4. The predicted molar refractivity (Wildman–Crippen MR) is 77.9 cm³/mol. The van der Waals surface area contributed by atoms with Crippen molar-refractivity contribution in [1.82, 2.24) is 0 Å². The van der Waals surface area contributed by atoms with Crippen LogP contribution in [0.2, 0.25) is 0 Å². The summed E-state index contributed by atoms with van der Waals surface area (Å²) in [5, 5.41) is 4.04. The van der Waals surface area contributed by atoms with Gasteiger partial charge in [0, 0.05) is 22.7 Å². The maximum absolute atomic E-state index is 11.4. The van der Waals surface area contributed by atoms with Gasteiger partial charge < -0.3 is 16.8 Å². The van der Waals surface area contributed by atoms with Gasteiger partial charge in [0.2, 0.25) is 0 Å². The zero-order valence-electron chi connectivity index (χ0n) is 10.5. The molecule has 4 nitrogen and oxygen atoms in total. The number of nitrogens with one attached hydrogen (secondary N) is 1. The van der Waals surface area contributed by atoms with E-state index >= 15 is 0 Å². The number of hydrogen-bond donors (Lipinski definition) is 3. The number of hydrogen-bond acceptors (Lipinski definition) is 4. The number of thioether (sulfide) groups is 1. The van der Waals surface area contributed by atoms with E-state index in [1.165, 1.54) is 12.8 Å². The molecule has 0 radical (unpaired) electrons. The highest BCUT2D eigenvalue weighted by molar-refractivity contribution is 7.99. The van der Waals surface area contributed by atoms with Crippen LogP contribution in [0.3, 0.4) is 0 Å². The van der Waals surface area contributed by atoms with E-state index in [1.54, 1.807) is 12.1 Å². The average molecular weight is 265 g/mol.